The molecule has 1 aromatic rings. The molecule has 0 unspecified atom stereocenters. The van der Waals surface area contributed by atoms with Gasteiger partial charge >= 0.3 is 0 Å². The van der Waals surface area contributed by atoms with E-state index in [1.165, 1.54) is 0 Å². The molecule has 0 aliphatic rings. The third-order valence-electron chi connectivity index (χ3n) is 1.78. The smallest absolute Gasteiger partial charge is 0.233 e. The van der Waals surface area contributed by atoms with Crippen molar-refractivity contribution in [3.63, 3.8) is 0 Å². The molecule has 0 amide bonds. The topological polar surface area (TPSA) is 79.3 Å². The molecule has 0 saturated heterocycles. The second-order valence-electron chi connectivity index (χ2n) is 3.29. The van der Waals surface area contributed by atoms with E-state index in [0.29, 0.717) is 12.1 Å². The van der Waals surface area contributed by atoms with Crippen LogP contribution in [0.15, 0.2) is 18.2 Å². The van der Waals surface area contributed by atoms with Crippen molar-refractivity contribution in [3.05, 3.63) is 23.9 Å². The molecule has 0 atom stereocenters. The van der Waals surface area contributed by atoms with Crippen molar-refractivity contribution in [1.82, 2.24) is 4.98 Å². The maximum absolute atomic E-state index is 11.5. The first kappa shape index (κ1) is 13.5. The number of hydrogen-bond donors (Lipinski definition) is 2. The molecule has 0 aliphatic heterocycles. The van der Waals surface area contributed by atoms with E-state index >= 15 is 0 Å². The molecule has 0 spiro atoms. The molecule has 6 heteroatoms. The Kier molecular flexibility index (Phi) is 4.94. The Morgan fingerprint density at radius 1 is 1.47 bits per heavy atom. The summed E-state index contributed by atoms with van der Waals surface area (Å²) in [5.74, 6) is 5.35. The van der Waals surface area contributed by atoms with E-state index in [2.05, 4.69) is 21.5 Å². The molecule has 0 radical (unpaired) electrons. The SMILES string of the molecule is CCCS(=O)(=O)Nc1cccc(C#CCO)n1. The summed E-state index contributed by atoms with van der Waals surface area (Å²) in [4.78, 5) is 4.00. The van der Waals surface area contributed by atoms with Gasteiger partial charge in [-0.15, -0.1) is 0 Å². The van der Waals surface area contributed by atoms with Gasteiger partial charge in [-0.3, -0.25) is 4.72 Å². The fourth-order valence-corrected chi connectivity index (χ4v) is 2.24. The average Bonchev–Trinajstić information content (AvgIpc) is 2.26. The molecule has 1 rings (SSSR count). The van der Waals surface area contributed by atoms with Crippen LogP contribution in [0.3, 0.4) is 0 Å². The van der Waals surface area contributed by atoms with Gasteiger partial charge < -0.3 is 5.11 Å². The highest BCUT2D eigenvalue weighted by molar-refractivity contribution is 7.92. The number of sulfonamides is 1. The summed E-state index contributed by atoms with van der Waals surface area (Å²) in [6.45, 7) is 1.53. The van der Waals surface area contributed by atoms with Crippen molar-refractivity contribution < 1.29 is 13.5 Å². The fourth-order valence-electron chi connectivity index (χ4n) is 1.17. The van der Waals surface area contributed by atoms with Gasteiger partial charge in [-0.2, -0.15) is 0 Å². The summed E-state index contributed by atoms with van der Waals surface area (Å²) in [5.41, 5.74) is 0.413. The van der Waals surface area contributed by atoms with Crippen molar-refractivity contribution in [3.8, 4) is 11.8 Å². The molecule has 2 N–H and O–H groups in total. The lowest BCUT2D eigenvalue weighted by molar-refractivity contribution is 0.350. The van der Waals surface area contributed by atoms with Crippen molar-refractivity contribution in [2.24, 2.45) is 0 Å². The zero-order valence-electron chi connectivity index (χ0n) is 9.47. The van der Waals surface area contributed by atoms with Crippen LogP contribution in [-0.4, -0.2) is 30.9 Å². The number of anilines is 1. The largest absolute Gasteiger partial charge is 0.384 e. The third kappa shape index (κ3) is 4.85. The normalized spacial score (nSPS) is 10.5. The van der Waals surface area contributed by atoms with Crippen LogP contribution in [0.5, 0.6) is 0 Å². The predicted molar refractivity (Wildman–Crippen MR) is 65.9 cm³/mol. The Morgan fingerprint density at radius 2 is 2.24 bits per heavy atom. The first-order chi connectivity index (χ1) is 8.07. The minimum Gasteiger partial charge on any atom is -0.384 e. The average molecular weight is 254 g/mol. The summed E-state index contributed by atoms with van der Waals surface area (Å²) in [6, 6.07) is 4.84. The molecule has 5 nitrogen and oxygen atoms in total. The molecule has 0 aliphatic carbocycles. The van der Waals surface area contributed by atoms with E-state index in [1.54, 1.807) is 25.1 Å². The van der Waals surface area contributed by atoms with Gasteiger partial charge in [0.1, 0.15) is 18.1 Å². The number of pyridine rings is 1. The Morgan fingerprint density at radius 3 is 2.88 bits per heavy atom. The minimum atomic E-state index is -3.33. The summed E-state index contributed by atoms with van der Waals surface area (Å²) in [7, 11) is -3.33. The van der Waals surface area contributed by atoms with E-state index in [-0.39, 0.29) is 18.2 Å². The third-order valence-corrected chi connectivity index (χ3v) is 3.24. The van der Waals surface area contributed by atoms with Gasteiger partial charge in [0.05, 0.1) is 5.75 Å². The number of nitrogens with zero attached hydrogens (tertiary/aromatic N) is 1. The summed E-state index contributed by atoms with van der Waals surface area (Å²) < 4.78 is 25.4. The zero-order chi connectivity index (χ0) is 12.7. The van der Waals surface area contributed by atoms with E-state index in [9.17, 15) is 8.42 Å². The summed E-state index contributed by atoms with van der Waals surface area (Å²) in [6.07, 6.45) is 0.541. The van der Waals surface area contributed by atoms with Crippen LogP contribution >= 0.6 is 0 Å². The Balaban J connectivity index is 2.86. The Bertz CT molecular complexity index is 529. The maximum atomic E-state index is 11.5. The predicted octanol–water partition coefficient (Wildman–Crippen LogP) is 0.577. The van der Waals surface area contributed by atoms with Crippen LogP contribution in [0, 0.1) is 11.8 Å². The zero-order valence-corrected chi connectivity index (χ0v) is 10.3. The van der Waals surface area contributed by atoms with Crippen molar-refractivity contribution in [1.29, 1.82) is 0 Å². The monoisotopic (exact) mass is 254 g/mol. The lowest BCUT2D eigenvalue weighted by Gasteiger charge is -2.05. The minimum absolute atomic E-state index is 0.0568. The first-order valence-electron chi connectivity index (χ1n) is 5.14. The quantitative estimate of drug-likeness (QED) is 0.770. The molecule has 1 aromatic heterocycles. The standard InChI is InChI=1S/C11H14N2O3S/c1-2-9-17(15,16)13-11-7-3-5-10(12-11)6-4-8-14/h3,5,7,14H,2,8-9H2,1H3,(H,12,13). The summed E-state index contributed by atoms with van der Waals surface area (Å²) in [5, 5.41) is 8.54. The summed E-state index contributed by atoms with van der Waals surface area (Å²) >= 11 is 0. The molecule has 0 saturated carbocycles. The number of aliphatic hydroxyl groups excluding tert-OH is 1. The number of aromatic nitrogens is 1. The Hall–Kier alpha value is -1.58. The second kappa shape index (κ2) is 6.23. The lowest BCUT2D eigenvalue weighted by Crippen LogP contribution is -2.17. The second-order valence-corrected chi connectivity index (χ2v) is 5.13. The highest BCUT2D eigenvalue weighted by Crippen LogP contribution is 2.07. The van der Waals surface area contributed by atoms with E-state index in [0.717, 1.165) is 0 Å². The molecule has 0 bridgehead atoms. The van der Waals surface area contributed by atoms with E-state index in [1.807, 2.05) is 0 Å². The van der Waals surface area contributed by atoms with Gasteiger partial charge in [-0.25, -0.2) is 13.4 Å². The highest BCUT2D eigenvalue weighted by atomic mass is 32.2. The molecule has 92 valence electrons. The van der Waals surface area contributed by atoms with Crippen LogP contribution in [0.1, 0.15) is 19.0 Å². The number of nitrogens with one attached hydrogen (secondary N) is 1. The molecule has 0 aromatic carbocycles. The van der Waals surface area contributed by atoms with E-state index < -0.39 is 10.0 Å². The number of aliphatic hydroxyl groups is 1. The van der Waals surface area contributed by atoms with Gasteiger partial charge in [-0.1, -0.05) is 18.9 Å². The molecular formula is C11H14N2O3S. The maximum Gasteiger partial charge on any atom is 0.233 e. The molecule has 17 heavy (non-hydrogen) atoms. The van der Waals surface area contributed by atoms with Crippen LogP contribution < -0.4 is 4.72 Å². The van der Waals surface area contributed by atoms with E-state index in [4.69, 9.17) is 5.11 Å². The van der Waals surface area contributed by atoms with Gasteiger partial charge in [0, 0.05) is 0 Å². The first-order valence-corrected chi connectivity index (χ1v) is 6.80. The molecule has 0 fully saturated rings. The number of hydrogen-bond acceptors (Lipinski definition) is 4. The molecular weight excluding hydrogens is 240 g/mol. The van der Waals surface area contributed by atoms with Gasteiger partial charge in [0.25, 0.3) is 0 Å². The molecule has 1 heterocycles. The highest BCUT2D eigenvalue weighted by Gasteiger charge is 2.09. The number of rotatable bonds is 4. The van der Waals surface area contributed by atoms with Gasteiger partial charge in [0.2, 0.25) is 10.0 Å². The Labute approximate surface area is 101 Å². The van der Waals surface area contributed by atoms with Crippen molar-refractivity contribution in [2.75, 3.05) is 17.1 Å². The van der Waals surface area contributed by atoms with Crippen molar-refractivity contribution in [2.45, 2.75) is 13.3 Å². The fraction of sp³-hybridized carbons (Fsp3) is 0.364. The van der Waals surface area contributed by atoms with Gasteiger partial charge in [-0.05, 0) is 24.5 Å². The van der Waals surface area contributed by atoms with Crippen LogP contribution in [0.4, 0.5) is 5.82 Å². The van der Waals surface area contributed by atoms with Crippen LogP contribution in [-0.2, 0) is 10.0 Å². The lowest BCUT2D eigenvalue weighted by atomic mass is 10.3. The van der Waals surface area contributed by atoms with Crippen LogP contribution in [0.25, 0.3) is 0 Å². The van der Waals surface area contributed by atoms with Gasteiger partial charge in [0.15, 0.2) is 0 Å². The van der Waals surface area contributed by atoms with Crippen LogP contribution in [0.2, 0.25) is 0 Å². The van der Waals surface area contributed by atoms with Crippen molar-refractivity contribution >= 4 is 15.8 Å².